The van der Waals surface area contributed by atoms with Crippen LogP contribution in [-0.2, 0) is 4.79 Å². The standard InChI is InChI=1S/C32H44N4O6/c1-17(4-9-27(39)34-35-29-21-6-5-19(36(41)42)16-25(21)33-30(29)40)22-7-8-23-28-24(11-13-32(22,23)3)31(2)12-10-20(37)14-18(31)15-26(28)38/h5-6,16-18,20,22-24,26,28,33,37-38,40H,4,7-15H2,1-3H3/t17-,18-,20+,22+,23-,24-,26-,28-,31+,32-/m1/s1. The van der Waals surface area contributed by atoms with Crippen LogP contribution in [0.4, 0.5) is 11.4 Å². The van der Waals surface area contributed by atoms with Gasteiger partial charge in [-0.05, 0) is 110 Å². The number of nitro groups is 1. The molecule has 0 radical (unpaired) electrons. The topological polar surface area (TPSA) is 161 Å². The third-order valence-electron chi connectivity index (χ3n) is 12.4. The Morgan fingerprint density at radius 1 is 1.12 bits per heavy atom. The fourth-order valence-corrected chi connectivity index (χ4v) is 10.3. The molecule has 0 aliphatic heterocycles. The van der Waals surface area contributed by atoms with Gasteiger partial charge >= 0.3 is 0 Å². The van der Waals surface area contributed by atoms with Crippen LogP contribution >= 0.6 is 0 Å². The van der Waals surface area contributed by atoms with Gasteiger partial charge in [0.05, 0.1) is 22.6 Å². The molecule has 10 heteroatoms. The highest BCUT2D eigenvalue weighted by molar-refractivity contribution is 5.95. The summed E-state index contributed by atoms with van der Waals surface area (Å²) in [4.78, 5) is 25.9. The van der Waals surface area contributed by atoms with Gasteiger partial charge in [-0.1, -0.05) is 20.8 Å². The highest BCUT2D eigenvalue weighted by Crippen LogP contribution is 2.68. The summed E-state index contributed by atoms with van der Waals surface area (Å²) in [6, 6.07) is 4.12. The molecule has 42 heavy (non-hydrogen) atoms. The molecule has 4 saturated carbocycles. The first-order valence-corrected chi connectivity index (χ1v) is 15.7. The zero-order valence-corrected chi connectivity index (χ0v) is 24.8. The minimum Gasteiger partial charge on any atom is -0.493 e. The van der Waals surface area contributed by atoms with Gasteiger partial charge in [0, 0.05) is 23.9 Å². The van der Waals surface area contributed by atoms with Crippen LogP contribution in [0, 0.1) is 56.5 Å². The van der Waals surface area contributed by atoms with Crippen molar-refractivity contribution in [1.82, 2.24) is 4.98 Å². The molecule has 4 fully saturated rings. The van der Waals surface area contributed by atoms with Crippen molar-refractivity contribution in [2.45, 2.75) is 97.2 Å². The number of non-ortho nitro benzene ring substituents is 1. The van der Waals surface area contributed by atoms with Gasteiger partial charge in [-0.3, -0.25) is 14.9 Å². The summed E-state index contributed by atoms with van der Waals surface area (Å²) in [5.74, 6) is 1.88. The lowest BCUT2D eigenvalue weighted by Gasteiger charge is -2.62. The number of nitrogens with one attached hydrogen (secondary N) is 1. The van der Waals surface area contributed by atoms with Crippen LogP contribution in [-0.4, -0.2) is 43.3 Å². The number of azo groups is 1. The Hall–Kier alpha value is -2.85. The van der Waals surface area contributed by atoms with Crippen LogP contribution < -0.4 is 0 Å². The number of aliphatic hydroxyl groups is 2. The molecule has 0 spiro atoms. The van der Waals surface area contributed by atoms with Crippen LogP contribution in [0.5, 0.6) is 5.88 Å². The highest BCUT2D eigenvalue weighted by Gasteiger charge is 2.62. The molecule has 4 aliphatic carbocycles. The van der Waals surface area contributed by atoms with Crippen LogP contribution in [0.2, 0.25) is 0 Å². The maximum absolute atomic E-state index is 12.7. The quantitative estimate of drug-likeness (QED) is 0.167. The van der Waals surface area contributed by atoms with E-state index >= 15 is 0 Å². The molecule has 10 atom stereocenters. The number of nitrogens with zero attached hydrogens (tertiary/aromatic N) is 3. The van der Waals surface area contributed by atoms with Crippen LogP contribution in [0.25, 0.3) is 10.9 Å². The van der Waals surface area contributed by atoms with Crippen molar-refractivity contribution >= 4 is 28.2 Å². The second-order valence-corrected chi connectivity index (χ2v) is 14.4. The van der Waals surface area contributed by atoms with Crippen molar-refractivity contribution in [3.63, 3.8) is 0 Å². The molecule has 1 amide bonds. The van der Waals surface area contributed by atoms with E-state index in [1.807, 2.05) is 0 Å². The number of amides is 1. The minimum absolute atomic E-state index is 0.0960. The normalized spacial score (nSPS) is 38.6. The maximum Gasteiger partial charge on any atom is 0.271 e. The molecule has 1 aromatic carbocycles. The second kappa shape index (κ2) is 10.7. The van der Waals surface area contributed by atoms with Gasteiger partial charge in [-0.25, -0.2) is 0 Å². The van der Waals surface area contributed by atoms with Crippen LogP contribution in [0.1, 0.15) is 85.0 Å². The molecule has 1 aromatic heterocycles. The molecule has 4 N–H and O–H groups in total. The molecule has 228 valence electrons. The Balaban J connectivity index is 1.10. The van der Waals surface area contributed by atoms with Crippen molar-refractivity contribution in [2.24, 2.45) is 56.6 Å². The number of benzene rings is 1. The Kier molecular flexibility index (Phi) is 7.45. The molecule has 10 nitrogen and oxygen atoms in total. The number of aromatic amines is 1. The molecule has 2 aromatic rings. The molecule has 1 heterocycles. The number of aliphatic hydroxyl groups excluding tert-OH is 2. The number of aromatic hydroxyl groups is 1. The van der Waals surface area contributed by atoms with E-state index in [-0.39, 0.29) is 52.6 Å². The Labute approximate surface area is 246 Å². The predicted octanol–water partition coefficient (Wildman–Crippen LogP) is 6.80. The van der Waals surface area contributed by atoms with Gasteiger partial charge in [0.15, 0.2) is 5.69 Å². The van der Waals surface area contributed by atoms with E-state index in [1.54, 1.807) is 0 Å². The lowest BCUT2D eigenvalue weighted by molar-refractivity contribution is -0.384. The Bertz CT molecular complexity index is 1410. The molecule has 0 saturated heterocycles. The fraction of sp³-hybridized carbons (Fsp3) is 0.719. The highest BCUT2D eigenvalue weighted by atomic mass is 16.6. The molecule has 0 bridgehead atoms. The first-order chi connectivity index (χ1) is 19.9. The molecule has 6 rings (SSSR count). The number of hydrogen-bond acceptors (Lipinski definition) is 7. The fourth-order valence-electron chi connectivity index (χ4n) is 10.3. The third kappa shape index (κ3) is 4.75. The van der Waals surface area contributed by atoms with Gasteiger partial charge in [0.25, 0.3) is 11.6 Å². The van der Waals surface area contributed by atoms with E-state index in [0.29, 0.717) is 52.8 Å². The van der Waals surface area contributed by atoms with Crippen LogP contribution in [0.15, 0.2) is 28.4 Å². The average molecular weight is 581 g/mol. The summed E-state index contributed by atoms with van der Waals surface area (Å²) in [5.41, 5.74) is 0.684. The average Bonchev–Trinajstić information content (AvgIpc) is 3.46. The first kappa shape index (κ1) is 29.2. The lowest BCUT2D eigenvalue weighted by atomic mass is 9.43. The summed E-state index contributed by atoms with van der Waals surface area (Å²) in [7, 11) is 0. The molecular weight excluding hydrogens is 536 g/mol. The van der Waals surface area contributed by atoms with E-state index in [0.717, 1.165) is 51.4 Å². The van der Waals surface area contributed by atoms with E-state index in [1.165, 1.54) is 18.2 Å². The number of H-pyrrole nitrogens is 1. The summed E-state index contributed by atoms with van der Waals surface area (Å²) in [6.45, 7) is 7.11. The second-order valence-electron chi connectivity index (χ2n) is 14.4. The van der Waals surface area contributed by atoms with Gasteiger partial charge in [0.2, 0.25) is 5.88 Å². The lowest BCUT2D eigenvalue weighted by Crippen LogP contribution is -2.58. The number of carbonyl (C=O) groups excluding carboxylic acids is 1. The summed E-state index contributed by atoms with van der Waals surface area (Å²) < 4.78 is 0. The third-order valence-corrected chi connectivity index (χ3v) is 12.4. The van der Waals surface area contributed by atoms with Gasteiger partial charge in [-0.2, -0.15) is 0 Å². The van der Waals surface area contributed by atoms with E-state index in [2.05, 4.69) is 36.0 Å². The van der Waals surface area contributed by atoms with Crippen molar-refractivity contribution < 1.29 is 25.0 Å². The monoisotopic (exact) mass is 580 g/mol. The smallest absolute Gasteiger partial charge is 0.271 e. The number of aromatic nitrogens is 1. The summed E-state index contributed by atoms with van der Waals surface area (Å²) in [6.07, 6.45) is 8.52. The van der Waals surface area contributed by atoms with E-state index < -0.39 is 4.92 Å². The molecule has 4 aliphatic rings. The number of rotatable bonds is 6. The van der Waals surface area contributed by atoms with Crippen molar-refractivity contribution in [2.75, 3.05) is 0 Å². The largest absolute Gasteiger partial charge is 0.493 e. The van der Waals surface area contributed by atoms with Gasteiger partial charge in [-0.15, -0.1) is 10.2 Å². The molecule has 0 unspecified atom stereocenters. The summed E-state index contributed by atoms with van der Waals surface area (Å²) in [5, 5.41) is 51.4. The van der Waals surface area contributed by atoms with Crippen molar-refractivity contribution in [3.8, 4) is 5.88 Å². The predicted molar refractivity (Wildman–Crippen MR) is 157 cm³/mol. The number of carbonyl (C=O) groups is 1. The van der Waals surface area contributed by atoms with Crippen LogP contribution in [0.3, 0.4) is 0 Å². The Morgan fingerprint density at radius 3 is 2.62 bits per heavy atom. The zero-order valence-electron chi connectivity index (χ0n) is 24.8. The Morgan fingerprint density at radius 2 is 1.86 bits per heavy atom. The number of hydrogen-bond donors (Lipinski definition) is 4. The minimum atomic E-state index is -0.516. The molecular formula is C32H44N4O6. The van der Waals surface area contributed by atoms with Gasteiger partial charge < -0.3 is 20.3 Å². The summed E-state index contributed by atoms with van der Waals surface area (Å²) >= 11 is 0. The number of nitro benzene ring substituents is 1. The first-order valence-electron chi connectivity index (χ1n) is 15.7. The van der Waals surface area contributed by atoms with Gasteiger partial charge in [0.1, 0.15) is 0 Å². The van der Waals surface area contributed by atoms with Crippen molar-refractivity contribution in [3.05, 3.63) is 28.3 Å². The maximum atomic E-state index is 12.7. The van der Waals surface area contributed by atoms with E-state index in [4.69, 9.17) is 0 Å². The SMILES string of the molecule is C[C@H](CCC(=O)N=Nc1c(O)[nH]c2cc([N+](=O)[O-])ccc12)[C@@H]1CC[C@@H]2[C@H]3[C@H](O)C[C@H]4C[C@@H](O)CC[C@]4(C)[C@@H]3CC[C@@]21C. The van der Waals surface area contributed by atoms with E-state index in [9.17, 15) is 30.2 Å². The zero-order chi connectivity index (χ0) is 30.0. The van der Waals surface area contributed by atoms with Crippen molar-refractivity contribution in [1.29, 1.82) is 0 Å². The number of fused-ring (bicyclic) bond motifs is 6.